The van der Waals surface area contributed by atoms with Crippen LogP contribution in [0.2, 0.25) is 0 Å². The van der Waals surface area contributed by atoms with Crippen molar-refractivity contribution in [2.24, 2.45) is 0 Å². The van der Waals surface area contributed by atoms with Crippen LogP contribution in [0.5, 0.6) is 0 Å². The molecule has 5 nitrogen and oxygen atoms in total. The summed E-state index contributed by atoms with van der Waals surface area (Å²) in [5, 5.41) is 11.8. The number of amides is 1. The van der Waals surface area contributed by atoms with Crippen molar-refractivity contribution in [2.45, 2.75) is 39.2 Å². The van der Waals surface area contributed by atoms with E-state index in [1.54, 1.807) is 0 Å². The van der Waals surface area contributed by atoms with Gasteiger partial charge in [-0.05, 0) is 44.4 Å². The predicted molar refractivity (Wildman–Crippen MR) is 98.4 cm³/mol. The molecule has 1 aliphatic heterocycles. The molecule has 5 heteroatoms. The molecule has 0 saturated carbocycles. The number of rotatable bonds is 8. The first kappa shape index (κ1) is 18.7. The van der Waals surface area contributed by atoms with Crippen molar-refractivity contribution in [1.82, 2.24) is 10.2 Å². The summed E-state index contributed by atoms with van der Waals surface area (Å²) in [6.07, 6.45) is 2.12. The zero-order chi connectivity index (χ0) is 17.4. The minimum absolute atomic E-state index is 0.113. The highest BCUT2D eigenvalue weighted by molar-refractivity contribution is 5.76. The van der Waals surface area contributed by atoms with Gasteiger partial charge in [-0.15, -0.1) is 0 Å². The summed E-state index contributed by atoms with van der Waals surface area (Å²) in [4.78, 5) is 16.8. The Labute approximate surface area is 145 Å². The van der Waals surface area contributed by atoms with Gasteiger partial charge < -0.3 is 15.3 Å². The number of carbonyl (C=O) groups excluding carboxylic acids is 1. The van der Waals surface area contributed by atoms with Crippen LogP contribution in [0.3, 0.4) is 0 Å². The lowest BCUT2D eigenvalue weighted by atomic mass is 10.1. The van der Waals surface area contributed by atoms with Gasteiger partial charge in [0.25, 0.3) is 0 Å². The fourth-order valence-corrected chi connectivity index (χ4v) is 3.13. The number of benzene rings is 1. The summed E-state index contributed by atoms with van der Waals surface area (Å²) in [6.45, 7) is 9.15. The van der Waals surface area contributed by atoms with Crippen molar-refractivity contribution in [1.29, 1.82) is 0 Å². The Kier molecular flexibility index (Phi) is 7.53. The molecule has 24 heavy (non-hydrogen) atoms. The molecule has 2 rings (SSSR count). The summed E-state index contributed by atoms with van der Waals surface area (Å²) >= 11 is 0. The molecule has 1 atom stereocenters. The van der Waals surface area contributed by atoms with E-state index in [1.165, 1.54) is 11.3 Å². The Morgan fingerprint density at radius 2 is 2.04 bits per heavy atom. The molecule has 0 aliphatic carbocycles. The average Bonchev–Trinajstić information content (AvgIpc) is 2.58. The third-order valence-corrected chi connectivity index (χ3v) is 4.60. The number of aliphatic hydroxyl groups excluding tert-OH is 1. The van der Waals surface area contributed by atoms with Crippen molar-refractivity contribution < 1.29 is 9.90 Å². The summed E-state index contributed by atoms with van der Waals surface area (Å²) in [6, 6.07) is 8.78. The molecular formula is C19H31N3O2. The Morgan fingerprint density at radius 1 is 1.29 bits per heavy atom. The molecule has 134 valence electrons. The second kappa shape index (κ2) is 9.64. The van der Waals surface area contributed by atoms with Crippen molar-refractivity contribution in [3.05, 3.63) is 29.8 Å². The van der Waals surface area contributed by atoms with Crippen LogP contribution in [0.4, 0.5) is 5.69 Å². The first-order chi connectivity index (χ1) is 11.6. The van der Waals surface area contributed by atoms with Crippen molar-refractivity contribution in [2.75, 3.05) is 44.2 Å². The van der Waals surface area contributed by atoms with Crippen LogP contribution in [0.15, 0.2) is 24.3 Å². The van der Waals surface area contributed by atoms with E-state index in [1.807, 2.05) is 6.92 Å². The van der Waals surface area contributed by atoms with Crippen molar-refractivity contribution in [3.8, 4) is 0 Å². The highest BCUT2D eigenvalue weighted by Crippen LogP contribution is 2.17. The molecule has 2 N–H and O–H groups in total. The lowest BCUT2D eigenvalue weighted by Gasteiger charge is -2.36. The van der Waals surface area contributed by atoms with Crippen LogP contribution in [0, 0.1) is 6.92 Å². The highest BCUT2D eigenvalue weighted by Gasteiger charge is 2.18. The van der Waals surface area contributed by atoms with Gasteiger partial charge in [-0.25, -0.2) is 0 Å². The summed E-state index contributed by atoms with van der Waals surface area (Å²) in [5.41, 5.74) is 2.59. The maximum absolute atomic E-state index is 12.0. The monoisotopic (exact) mass is 333 g/mol. The fraction of sp³-hybridized carbons (Fsp3) is 0.632. The van der Waals surface area contributed by atoms with Gasteiger partial charge in [-0.3, -0.25) is 9.69 Å². The summed E-state index contributed by atoms with van der Waals surface area (Å²) in [7, 11) is 0. The minimum atomic E-state index is 0.113. The van der Waals surface area contributed by atoms with Gasteiger partial charge in [0, 0.05) is 57.5 Å². The third kappa shape index (κ3) is 6.13. The minimum Gasteiger partial charge on any atom is -0.396 e. The predicted octanol–water partition coefficient (Wildman–Crippen LogP) is 1.78. The van der Waals surface area contributed by atoms with E-state index in [4.69, 9.17) is 5.11 Å². The van der Waals surface area contributed by atoms with E-state index in [-0.39, 0.29) is 18.6 Å². The van der Waals surface area contributed by atoms with Gasteiger partial charge in [-0.2, -0.15) is 0 Å². The topological polar surface area (TPSA) is 55.8 Å². The summed E-state index contributed by atoms with van der Waals surface area (Å²) in [5.74, 6) is 0.113. The van der Waals surface area contributed by atoms with E-state index >= 15 is 0 Å². The van der Waals surface area contributed by atoms with Crippen LogP contribution < -0.4 is 10.2 Å². The number of carbonyl (C=O) groups is 1. The Hall–Kier alpha value is -1.59. The van der Waals surface area contributed by atoms with E-state index in [9.17, 15) is 4.79 Å². The average molecular weight is 333 g/mol. The molecule has 0 bridgehead atoms. The van der Waals surface area contributed by atoms with Crippen LogP contribution in [-0.2, 0) is 4.79 Å². The zero-order valence-corrected chi connectivity index (χ0v) is 15.0. The molecular weight excluding hydrogens is 302 g/mol. The molecule has 1 amide bonds. The molecule has 0 aromatic heterocycles. The van der Waals surface area contributed by atoms with Crippen LogP contribution in [-0.4, -0.2) is 61.3 Å². The second-order valence-corrected chi connectivity index (χ2v) is 6.75. The molecule has 1 unspecified atom stereocenters. The highest BCUT2D eigenvalue weighted by atomic mass is 16.3. The number of piperazine rings is 1. The largest absolute Gasteiger partial charge is 0.396 e. The first-order valence-electron chi connectivity index (χ1n) is 9.02. The number of aryl methyl sites for hydroxylation is 1. The normalized spacial score (nSPS) is 16.9. The number of hydrogen-bond acceptors (Lipinski definition) is 4. The number of nitrogens with zero attached hydrogens (tertiary/aromatic N) is 2. The molecule has 0 spiro atoms. The Balaban J connectivity index is 1.67. The molecule has 1 aliphatic rings. The van der Waals surface area contributed by atoms with Crippen LogP contribution in [0.25, 0.3) is 0 Å². The third-order valence-electron chi connectivity index (χ3n) is 4.60. The van der Waals surface area contributed by atoms with Gasteiger partial charge in [0.15, 0.2) is 0 Å². The number of aliphatic hydroxyl groups is 1. The van der Waals surface area contributed by atoms with Crippen molar-refractivity contribution in [3.63, 3.8) is 0 Å². The molecule has 1 aromatic rings. The lowest BCUT2D eigenvalue weighted by molar-refractivity contribution is -0.122. The van der Waals surface area contributed by atoms with Crippen LogP contribution >= 0.6 is 0 Å². The zero-order valence-electron chi connectivity index (χ0n) is 15.0. The molecule has 1 aromatic carbocycles. The second-order valence-electron chi connectivity index (χ2n) is 6.75. The van der Waals surface area contributed by atoms with Gasteiger partial charge in [0.05, 0.1) is 0 Å². The fourth-order valence-electron chi connectivity index (χ4n) is 3.13. The standard InChI is InChI=1S/C19H31N3O2/c1-16-5-3-7-18(15-16)22-12-10-21(11-13-22)9-8-19(24)20-17(2)6-4-14-23/h3,5,7,15,17,23H,4,6,8-14H2,1-2H3,(H,20,24). The number of hydrogen-bond donors (Lipinski definition) is 2. The summed E-state index contributed by atoms with van der Waals surface area (Å²) < 4.78 is 0. The molecule has 1 heterocycles. The maximum atomic E-state index is 12.0. The molecule has 1 fully saturated rings. The van der Waals surface area contributed by atoms with Gasteiger partial charge in [0.2, 0.25) is 5.91 Å². The van der Waals surface area contributed by atoms with Gasteiger partial charge in [0.1, 0.15) is 0 Å². The van der Waals surface area contributed by atoms with E-state index in [0.717, 1.165) is 45.6 Å². The number of anilines is 1. The number of nitrogens with one attached hydrogen (secondary N) is 1. The van der Waals surface area contributed by atoms with Gasteiger partial charge in [-0.1, -0.05) is 12.1 Å². The Bertz CT molecular complexity index is 513. The smallest absolute Gasteiger partial charge is 0.221 e. The Morgan fingerprint density at radius 3 is 2.71 bits per heavy atom. The van der Waals surface area contributed by atoms with Gasteiger partial charge >= 0.3 is 0 Å². The van der Waals surface area contributed by atoms with Crippen molar-refractivity contribution >= 4 is 11.6 Å². The molecule has 1 saturated heterocycles. The van der Waals surface area contributed by atoms with E-state index in [2.05, 4.69) is 46.3 Å². The maximum Gasteiger partial charge on any atom is 0.221 e. The quantitative estimate of drug-likeness (QED) is 0.761. The molecule has 0 radical (unpaired) electrons. The first-order valence-corrected chi connectivity index (χ1v) is 9.02. The van der Waals surface area contributed by atoms with E-state index < -0.39 is 0 Å². The lowest BCUT2D eigenvalue weighted by Crippen LogP contribution is -2.47. The van der Waals surface area contributed by atoms with Crippen LogP contribution in [0.1, 0.15) is 31.7 Å². The SMILES string of the molecule is Cc1cccc(N2CCN(CCC(=O)NC(C)CCCO)CC2)c1. The van der Waals surface area contributed by atoms with E-state index in [0.29, 0.717) is 6.42 Å².